The molecule has 35 heavy (non-hydrogen) atoms. The second kappa shape index (κ2) is 16.7. The van der Waals surface area contributed by atoms with Crippen molar-refractivity contribution in [1.82, 2.24) is 0 Å². The molecule has 0 amide bonds. The number of rotatable bonds is 17. The van der Waals surface area contributed by atoms with Crippen LogP contribution in [0.4, 0.5) is 0 Å². The van der Waals surface area contributed by atoms with Gasteiger partial charge in [-0.05, 0) is 0 Å². The summed E-state index contributed by atoms with van der Waals surface area (Å²) in [6.07, 6.45) is 9.42. The van der Waals surface area contributed by atoms with Crippen LogP contribution in [0.3, 0.4) is 0 Å². The average Bonchev–Trinajstić information content (AvgIpc) is 2.89. The Kier molecular flexibility index (Phi) is 14.0. The number of benzene rings is 2. The molecule has 0 aliphatic heterocycles. The maximum absolute atomic E-state index is 13.0. The zero-order valence-electron chi connectivity index (χ0n) is 20.8. The van der Waals surface area contributed by atoms with Crippen LogP contribution in [0, 0.1) is 0 Å². The minimum absolute atomic E-state index is 0.154. The summed E-state index contributed by atoms with van der Waals surface area (Å²) < 4.78 is 38.8. The number of hydrogen-bond donors (Lipinski definition) is 0. The summed E-state index contributed by atoms with van der Waals surface area (Å²) in [7, 11) is 0. The molecule has 5 nitrogen and oxygen atoms in total. The molecule has 0 spiro atoms. The second-order valence-corrected chi connectivity index (χ2v) is 12.4. The van der Waals surface area contributed by atoms with Crippen LogP contribution < -0.4 is 18.2 Å². The summed E-state index contributed by atoms with van der Waals surface area (Å²) in [6, 6.07) is 14.7. The predicted octanol–water partition coefficient (Wildman–Crippen LogP) is 5.25. The van der Waals surface area contributed by atoms with Gasteiger partial charge in [-0.3, -0.25) is 0 Å². The van der Waals surface area contributed by atoms with Gasteiger partial charge in [0.25, 0.3) is 0 Å². The van der Waals surface area contributed by atoms with Gasteiger partial charge in [0.1, 0.15) is 0 Å². The maximum atomic E-state index is 13.0. The molecule has 1 unspecified atom stereocenters. The van der Waals surface area contributed by atoms with E-state index in [1.165, 1.54) is 19.3 Å². The second-order valence-electron chi connectivity index (χ2n) is 8.14. The zero-order valence-corrected chi connectivity index (χ0v) is 22.8. The molecule has 0 heterocycles. The molecule has 0 aromatic heterocycles. The number of ether oxygens (including phenoxy) is 2. The fraction of sp³-hybridized carbons (Fsp3) is 0.464. The van der Waals surface area contributed by atoms with E-state index in [2.05, 4.69) is 20.4 Å². The van der Waals surface area contributed by atoms with Crippen molar-refractivity contribution in [2.45, 2.75) is 70.1 Å². The molecule has 0 bridgehead atoms. The molecule has 0 aliphatic rings. The van der Waals surface area contributed by atoms with Crippen molar-refractivity contribution in [3.63, 3.8) is 0 Å². The predicted molar refractivity (Wildman–Crippen MR) is 132 cm³/mol. The number of carbonyl (C=O) groups excluding carboxylic acids is 1. The van der Waals surface area contributed by atoms with Gasteiger partial charge in [-0.25, -0.2) is 4.79 Å². The Balaban J connectivity index is 1.78. The van der Waals surface area contributed by atoms with Gasteiger partial charge < -0.3 is 0 Å². The van der Waals surface area contributed by atoms with Crippen LogP contribution in [0.25, 0.3) is 0 Å². The van der Waals surface area contributed by atoms with E-state index in [1.54, 1.807) is 0 Å². The normalized spacial score (nSPS) is 12.5. The van der Waals surface area contributed by atoms with Gasteiger partial charge in [-0.15, -0.1) is 0 Å². The SMILES string of the molecule is C=CC(=O)OCCCCCOc1cc[c]([Co](=[O])[c]2cc[c]([Co](=[O])[CH](C)CCCCCC)cc2)cc1. The minimum atomic E-state index is -1.70. The third-order valence-electron chi connectivity index (χ3n) is 5.32. The van der Waals surface area contributed by atoms with E-state index in [9.17, 15) is 12.5 Å². The zero-order chi connectivity index (χ0) is 25.5. The van der Waals surface area contributed by atoms with E-state index in [0.29, 0.717) is 13.2 Å². The summed E-state index contributed by atoms with van der Waals surface area (Å²) >= 11 is -3.12. The van der Waals surface area contributed by atoms with Gasteiger partial charge in [-0.2, -0.15) is 0 Å². The summed E-state index contributed by atoms with van der Waals surface area (Å²) in [6.45, 7) is 8.57. The molecule has 2 rings (SSSR count). The molecule has 2 aromatic carbocycles. The fourth-order valence-corrected chi connectivity index (χ4v) is 6.20. The number of esters is 1. The molecule has 0 saturated carbocycles. The van der Waals surface area contributed by atoms with Crippen LogP contribution >= 0.6 is 0 Å². The number of hydrogen-bond acceptors (Lipinski definition) is 5. The third-order valence-corrected chi connectivity index (χ3v) is 9.28. The first-order chi connectivity index (χ1) is 17.0. The van der Waals surface area contributed by atoms with Crippen LogP contribution in [-0.2, 0) is 44.4 Å². The van der Waals surface area contributed by atoms with Crippen LogP contribution in [0.1, 0.15) is 65.2 Å². The Morgan fingerprint density at radius 1 is 0.857 bits per heavy atom. The molecule has 2 aromatic rings. The molecule has 0 saturated heterocycles. The summed E-state index contributed by atoms with van der Waals surface area (Å²) in [5, 5.41) is 0. The summed E-state index contributed by atoms with van der Waals surface area (Å²) in [5.41, 5.74) is 0. The van der Waals surface area contributed by atoms with Crippen molar-refractivity contribution >= 4 is 19.5 Å². The number of unbranched alkanes of at least 4 members (excludes halogenated alkanes) is 5. The van der Waals surface area contributed by atoms with Gasteiger partial charge >= 0.3 is 201 Å². The first-order valence-corrected chi connectivity index (χ1v) is 15.2. The van der Waals surface area contributed by atoms with Crippen LogP contribution in [-0.4, -0.2) is 19.2 Å². The van der Waals surface area contributed by atoms with Crippen molar-refractivity contribution in [2.24, 2.45) is 0 Å². The molecular formula is C28H38Co2O5. The topological polar surface area (TPSA) is 69.7 Å². The summed E-state index contributed by atoms with van der Waals surface area (Å²) in [4.78, 5) is 11.1. The van der Waals surface area contributed by atoms with Gasteiger partial charge in [0.05, 0.1) is 0 Å². The van der Waals surface area contributed by atoms with Crippen molar-refractivity contribution in [2.75, 3.05) is 13.2 Å². The van der Waals surface area contributed by atoms with Crippen molar-refractivity contribution in [1.29, 1.82) is 0 Å². The molecule has 0 aliphatic carbocycles. The molecule has 1 atom stereocenters. The molecule has 198 valence electrons. The summed E-state index contributed by atoms with van der Waals surface area (Å²) in [5.74, 6) is 0.337. The molecular weight excluding hydrogens is 534 g/mol. The molecule has 0 N–H and O–H groups in total. The van der Waals surface area contributed by atoms with Gasteiger partial charge in [0.2, 0.25) is 0 Å². The monoisotopic (exact) mass is 572 g/mol. The standard InChI is InChI=1S/C14H17O3.C8H17.C6H4.2Co.2O/c1-2-14(15)17-12-8-4-7-11-16-13-9-5-3-6-10-13;1-3-5-7-8-6-4-2;1-2-4-6-5-3-1;;;;/h2,5-6,9-10H,1,4,7-8,11-12H2;3H,4-8H2,1-2H3;1-2,5-6H;;;;. The molecule has 0 radical (unpaired) electrons. The van der Waals surface area contributed by atoms with Gasteiger partial charge in [0, 0.05) is 6.08 Å². The van der Waals surface area contributed by atoms with Crippen molar-refractivity contribution in [3.05, 3.63) is 61.2 Å². The van der Waals surface area contributed by atoms with E-state index in [-0.39, 0.29) is 4.85 Å². The van der Waals surface area contributed by atoms with E-state index >= 15 is 0 Å². The van der Waals surface area contributed by atoms with Gasteiger partial charge in [0.15, 0.2) is 0 Å². The Morgan fingerprint density at radius 3 is 2.06 bits per heavy atom. The first-order valence-electron chi connectivity index (χ1n) is 12.2. The first kappa shape index (κ1) is 29.3. The Hall–Kier alpha value is -1.94. The Labute approximate surface area is 218 Å². The molecule has 0 fully saturated rings. The van der Waals surface area contributed by atoms with E-state index in [4.69, 9.17) is 9.47 Å². The van der Waals surface area contributed by atoms with Crippen molar-refractivity contribution in [3.8, 4) is 5.75 Å². The van der Waals surface area contributed by atoms with E-state index < -0.39 is 33.1 Å². The third kappa shape index (κ3) is 10.7. The van der Waals surface area contributed by atoms with Crippen LogP contribution in [0.2, 0.25) is 4.85 Å². The quantitative estimate of drug-likeness (QED) is 0.147. The number of carbonyl (C=O) groups is 1. The van der Waals surface area contributed by atoms with Gasteiger partial charge in [-0.1, -0.05) is 6.58 Å². The Morgan fingerprint density at radius 2 is 1.43 bits per heavy atom. The van der Waals surface area contributed by atoms with E-state index in [0.717, 1.165) is 57.4 Å². The van der Waals surface area contributed by atoms with Crippen LogP contribution in [0.5, 0.6) is 5.75 Å². The van der Waals surface area contributed by atoms with Crippen LogP contribution in [0.15, 0.2) is 61.2 Å². The average molecular weight is 572 g/mol. The fourth-order valence-electron chi connectivity index (χ4n) is 3.28. The van der Waals surface area contributed by atoms with E-state index in [1.807, 2.05) is 48.5 Å². The van der Waals surface area contributed by atoms with Crippen molar-refractivity contribution < 1.29 is 49.2 Å². The molecule has 7 heteroatoms. The Bertz CT molecular complexity index is 954.